The first-order valence-corrected chi connectivity index (χ1v) is 19.5. The molecule has 1 N–H and O–H groups in total. The minimum Gasteiger partial charge on any atom is -0.493 e. The summed E-state index contributed by atoms with van der Waals surface area (Å²) in [6, 6.07) is 3.61. The number of hydrogen-bond acceptors (Lipinski definition) is 8. The number of rotatable bonds is 26. The molecular formula is C32H54F3NO7S2. The maximum absolute atomic E-state index is 12.8. The van der Waals surface area contributed by atoms with Gasteiger partial charge in [-0.1, -0.05) is 129 Å². The van der Waals surface area contributed by atoms with Crippen LogP contribution in [0.15, 0.2) is 23.1 Å². The number of hydrogen-bond donors (Lipinski definition) is 1. The van der Waals surface area contributed by atoms with Gasteiger partial charge in [0.1, 0.15) is 16.4 Å². The fourth-order valence-corrected chi connectivity index (χ4v) is 6.47. The Kier molecular flexibility index (Phi) is 20.5. The van der Waals surface area contributed by atoms with Gasteiger partial charge in [0, 0.05) is 6.07 Å². The highest BCUT2D eigenvalue weighted by molar-refractivity contribution is 8.07. The van der Waals surface area contributed by atoms with E-state index in [1.165, 1.54) is 82.8 Å². The second kappa shape index (κ2) is 22.5. The third-order valence-corrected chi connectivity index (χ3v) is 9.99. The van der Waals surface area contributed by atoms with E-state index in [4.69, 9.17) is 14.9 Å². The zero-order chi connectivity index (χ0) is 33.6. The highest BCUT2D eigenvalue weighted by atomic mass is 32.2. The summed E-state index contributed by atoms with van der Waals surface area (Å²) in [5.41, 5.74) is -5.89. The number of alkyl halides is 3. The highest BCUT2D eigenvalue weighted by Crippen LogP contribution is 2.32. The molecule has 0 radical (unpaired) electrons. The molecule has 0 saturated carbocycles. The molecule has 13 heteroatoms. The van der Waals surface area contributed by atoms with E-state index in [0.717, 1.165) is 57.4 Å². The van der Waals surface area contributed by atoms with Gasteiger partial charge in [0.05, 0.1) is 13.2 Å². The molecule has 0 aliphatic heterocycles. The summed E-state index contributed by atoms with van der Waals surface area (Å²) >= 11 is 0. The van der Waals surface area contributed by atoms with Crippen molar-refractivity contribution in [1.82, 2.24) is 0 Å². The van der Waals surface area contributed by atoms with Crippen LogP contribution in [0.5, 0.6) is 11.5 Å². The largest absolute Gasteiger partial charge is 0.506 e. The second-order valence-electron chi connectivity index (χ2n) is 11.4. The quantitative estimate of drug-likeness (QED) is 0.0446. The molecule has 0 aromatic heterocycles. The fraction of sp³-hybridized carbons (Fsp3) is 0.781. The van der Waals surface area contributed by atoms with Gasteiger partial charge in [0.25, 0.3) is 0 Å². The summed E-state index contributed by atoms with van der Waals surface area (Å²) in [5, 5.41) is 4.76. The average Bonchev–Trinajstić information content (AvgIpc) is 2.97. The number of unbranched alkanes of at least 4 members (excludes halogenated alkanes) is 18. The van der Waals surface area contributed by atoms with Gasteiger partial charge in [0.15, 0.2) is 0 Å². The lowest BCUT2D eigenvalue weighted by atomic mass is 10.1. The fourth-order valence-electron chi connectivity index (χ4n) is 4.74. The van der Waals surface area contributed by atoms with E-state index < -0.39 is 35.6 Å². The molecule has 0 atom stereocenters. The summed E-state index contributed by atoms with van der Waals surface area (Å²) < 4.78 is 103. The Morgan fingerprint density at radius 2 is 1.04 bits per heavy atom. The molecule has 0 saturated heterocycles. The van der Waals surface area contributed by atoms with Crippen LogP contribution in [0, 0.1) is 5.41 Å². The first-order chi connectivity index (χ1) is 21.4. The lowest BCUT2D eigenvalue weighted by molar-refractivity contribution is -0.0420. The van der Waals surface area contributed by atoms with Gasteiger partial charge in [-0.3, -0.25) is 5.41 Å². The van der Waals surface area contributed by atoms with Crippen LogP contribution in [0.4, 0.5) is 13.2 Å². The summed E-state index contributed by atoms with van der Waals surface area (Å²) in [5.74, 6) is 0.0460. The predicted octanol–water partition coefficient (Wildman–Crippen LogP) is 9.86. The SMILES string of the molecule is CCCCCCCCCCCCOc1ccc(S(=O)(=O)OC(=N)S(=O)(=O)C(F)(F)F)c(OCCCCCCCCCCCC)c1. The summed E-state index contributed by atoms with van der Waals surface area (Å²) in [6.07, 6.45) is 22.4. The van der Waals surface area contributed by atoms with Crippen molar-refractivity contribution in [2.24, 2.45) is 0 Å². The molecule has 0 unspecified atom stereocenters. The molecule has 1 rings (SSSR count). The maximum Gasteiger partial charge on any atom is 0.506 e. The number of sulfone groups is 1. The van der Waals surface area contributed by atoms with Crippen LogP contribution < -0.4 is 9.47 Å². The third kappa shape index (κ3) is 16.9. The molecule has 8 nitrogen and oxygen atoms in total. The number of nitrogens with one attached hydrogen (secondary N) is 1. The lowest BCUT2D eigenvalue weighted by Crippen LogP contribution is -2.33. The van der Waals surface area contributed by atoms with Gasteiger partial charge >= 0.3 is 30.7 Å². The molecule has 0 spiro atoms. The van der Waals surface area contributed by atoms with Crippen molar-refractivity contribution >= 4 is 25.2 Å². The molecule has 45 heavy (non-hydrogen) atoms. The minimum absolute atomic E-state index is 0.124. The van der Waals surface area contributed by atoms with Crippen LogP contribution in [0.1, 0.15) is 142 Å². The monoisotopic (exact) mass is 685 g/mol. The Hall–Kier alpha value is -2.02. The van der Waals surface area contributed by atoms with Crippen molar-refractivity contribution in [3.8, 4) is 11.5 Å². The smallest absolute Gasteiger partial charge is 0.493 e. The van der Waals surface area contributed by atoms with E-state index in [-0.39, 0.29) is 12.4 Å². The van der Waals surface area contributed by atoms with Crippen molar-refractivity contribution in [2.45, 2.75) is 153 Å². The molecule has 0 fully saturated rings. The van der Waals surface area contributed by atoms with Crippen molar-refractivity contribution in [2.75, 3.05) is 13.2 Å². The van der Waals surface area contributed by atoms with Crippen LogP contribution in [-0.2, 0) is 24.1 Å². The topological polar surface area (TPSA) is 120 Å². The van der Waals surface area contributed by atoms with Gasteiger partial charge in [-0.25, -0.2) is 8.42 Å². The van der Waals surface area contributed by atoms with Crippen LogP contribution in [0.2, 0.25) is 0 Å². The first-order valence-electron chi connectivity index (χ1n) is 16.6. The van der Waals surface area contributed by atoms with E-state index in [9.17, 15) is 30.0 Å². The molecule has 0 aliphatic carbocycles. The van der Waals surface area contributed by atoms with Crippen molar-refractivity contribution in [1.29, 1.82) is 5.41 Å². The van der Waals surface area contributed by atoms with E-state index in [0.29, 0.717) is 18.8 Å². The van der Waals surface area contributed by atoms with Crippen molar-refractivity contribution in [3.05, 3.63) is 18.2 Å². The van der Waals surface area contributed by atoms with Gasteiger partial charge in [-0.2, -0.15) is 21.6 Å². The number of ether oxygens (including phenoxy) is 2. The highest BCUT2D eigenvalue weighted by Gasteiger charge is 2.51. The summed E-state index contributed by atoms with van der Waals surface area (Å²) in [6.45, 7) is 4.88. The van der Waals surface area contributed by atoms with Gasteiger partial charge < -0.3 is 13.7 Å². The molecule has 0 heterocycles. The standard InChI is InChI=1S/C32H54F3NO7S2/c1-3-5-7-9-11-13-15-17-19-21-25-41-28-23-24-30(45(39,40)43-31(36)44(37,38)32(33,34)35)29(27-28)42-26-22-20-18-16-14-12-10-8-6-4-2/h23-24,27,36H,3-22,25-26H2,1-2H3. The molecule has 0 bridgehead atoms. The first kappa shape index (κ1) is 41.0. The normalized spacial score (nSPS) is 12.3. The van der Waals surface area contributed by atoms with Crippen molar-refractivity contribution in [3.63, 3.8) is 0 Å². The lowest BCUT2D eigenvalue weighted by Gasteiger charge is -2.15. The Labute approximate surface area is 269 Å². The molecule has 1 aromatic carbocycles. The Morgan fingerprint density at radius 3 is 1.47 bits per heavy atom. The summed E-state index contributed by atoms with van der Waals surface area (Å²) in [4.78, 5) is -0.692. The maximum atomic E-state index is 12.8. The van der Waals surface area contributed by atoms with Gasteiger partial charge in [-0.05, 0) is 25.0 Å². The zero-order valence-corrected chi connectivity index (χ0v) is 28.7. The van der Waals surface area contributed by atoms with Crippen LogP contribution in [-0.4, -0.2) is 40.8 Å². The van der Waals surface area contributed by atoms with Crippen LogP contribution in [0.25, 0.3) is 0 Å². The number of benzene rings is 1. The van der Waals surface area contributed by atoms with Gasteiger partial charge in [0.2, 0.25) is 0 Å². The number of halogens is 3. The molecule has 262 valence electrons. The Morgan fingerprint density at radius 1 is 0.644 bits per heavy atom. The van der Waals surface area contributed by atoms with Crippen LogP contribution in [0.3, 0.4) is 0 Å². The predicted molar refractivity (Wildman–Crippen MR) is 172 cm³/mol. The molecular weight excluding hydrogens is 631 g/mol. The summed E-state index contributed by atoms with van der Waals surface area (Å²) in [7, 11) is -11.4. The van der Waals surface area contributed by atoms with E-state index in [1.807, 2.05) is 0 Å². The van der Waals surface area contributed by atoms with Crippen molar-refractivity contribution < 1.29 is 43.7 Å². The molecule has 0 aliphatic rings. The Balaban J connectivity index is 2.73. The molecule has 0 amide bonds. The average molecular weight is 686 g/mol. The molecule has 1 aromatic rings. The second-order valence-corrected chi connectivity index (χ2v) is 14.8. The Bertz CT molecular complexity index is 1170. The minimum atomic E-state index is -6.29. The van der Waals surface area contributed by atoms with E-state index >= 15 is 0 Å². The van der Waals surface area contributed by atoms with Crippen LogP contribution >= 0.6 is 0 Å². The zero-order valence-electron chi connectivity index (χ0n) is 27.1. The van der Waals surface area contributed by atoms with E-state index in [2.05, 4.69) is 18.0 Å². The third-order valence-electron chi connectivity index (χ3n) is 7.44. The van der Waals surface area contributed by atoms with Gasteiger partial charge in [-0.15, -0.1) is 0 Å². The van der Waals surface area contributed by atoms with E-state index in [1.54, 1.807) is 0 Å².